The van der Waals surface area contributed by atoms with Gasteiger partial charge in [-0.25, -0.2) is 0 Å². The average Bonchev–Trinajstić information content (AvgIpc) is 2.83. The highest BCUT2D eigenvalue weighted by molar-refractivity contribution is 6.77. The molecule has 0 saturated carbocycles. The Morgan fingerprint density at radius 2 is 1.24 bits per heavy atom. The molecular weight excluding hydrogens is 440 g/mol. The third-order valence-corrected chi connectivity index (χ3v) is 13.1. The number of hydrogen-bond donors (Lipinski definition) is 0. The zero-order valence-electron chi connectivity index (χ0n) is 21.6. The van der Waals surface area contributed by atoms with Gasteiger partial charge in [0.1, 0.15) is 18.3 Å². The standard InChI is InChI=1S/C29H42O4Si/c1-22(2)34(23(3)4,24(5)6)33-21-28-29(32-20-26-15-11-8-12-16-26)27(17-18-30-28)31-19-25-13-9-7-10-14-25/h7-18,22-24,27-29H,19-21H2,1-6H3/t27-,28-,29+/m0/s1. The average molecular weight is 483 g/mol. The molecule has 0 aromatic heterocycles. The van der Waals surface area contributed by atoms with E-state index in [1.807, 2.05) is 42.5 Å². The van der Waals surface area contributed by atoms with Crippen molar-refractivity contribution in [3.8, 4) is 0 Å². The molecule has 4 nitrogen and oxygen atoms in total. The Kier molecular flexibility index (Phi) is 9.95. The van der Waals surface area contributed by atoms with Crippen LogP contribution in [0.2, 0.25) is 16.6 Å². The molecule has 0 aliphatic carbocycles. The van der Waals surface area contributed by atoms with Crippen LogP contribution in [0.25, 0.3) is 0 Å². The Bertz CT molecular complexity index is 844. The Morgan fingerprint density at radius 1 is 0.735 bits per heavy atom. The Labute approximate surface area is 207 Å². The minimum atomic E-state index is -2.02. The summed E-state index contributed by atoms with van der Waals surface area (Å²) < 4.78 is 25.8. The third-order valence-electron chi connectivity index (χ3n) is 6.99. The quantitative estimate of drug-likeness (QED) is 0.298. The SMILES string of the molecule is CC(C)[Si](OC[C@@H]1OC=C[C@H](OCc2ccccc2)[C@H]1OCc1ccccc1)(C(C)C)C(C)C. The monoisotopic (exact) mass is 482 g/mol. The molecule has 0 saturated heterocycles. The summed E-state index contributed by atoms with van der Waals surface area (Å²) in [7, 11) is -2.02. The molecule has 0 radical (unpaired) electrons. The summed E-state index contributed by atoms with van der Waals surface area (Å²) in [6.45, 7) is 15.4. The molecule has 0 N–H and O–H groups in total. The van der Waals surface area contributed by atoms with Gasteiger partial charge in [-0.1, -0.05) is 102 Å². The molecule has 5 heteroatoms. The molecule has 1 aliphatic heterocycles. The van der Waals surface area contributed by atoms with Crippen molar-refractivity contribution in [2.24, 2.45) is 0 Å². The predicted octanol–water partition coefficient (Wildman–Crippen LogP) is 7.26. The lowest BCUT2D eigenvalue weighted by Crippen LogP contribution is -2.52. The van der Waals surface area contributed by atoms with Gasteiger partial charge >= 0.3 is 0 Å². The molecule has 0 unspecified atom stereocenters. The molecule has 0 amide bonds. The van der Waals surface area contributed by atoms with E-state index in [-0.39, 0.29) is 18.3 Å². The second-order valence-corrected chi connectivity index (χ2v) is 15.6. The van der Waals surface area contributed by atoms with E-state index in [1.54, 1.807) is 6.26 Å². The Hall–Kier alpha value is -1.92. The van der Waals surface area contributed by atoms with Crippen LogP contribution in [-0.2, 0) is 31.9 Å². The summed E-state index contributed by atoms with van der Waals surface area (Å²) in [5.74, 6) is 0. The maximum atomic E-state index is 6.89. The molecule has 0 bridgehead atoms. The highest BCUT2D eigenvalue weighted by atomic mass is 28.4. The highest BCUT2D eigenvalue weighted by Crippen LogP contribution is 2.42. The number of hydrogen-bond acceptors (Lipinski definition) is 4. The lowest BCUT2D eigenvalue weighted by Gasteiger charge is -2.44. The fourth-order valence-electron chi connectivity index (χ4n) is 5.37. The lowest BCUT2D eigenvalue weighted by molar-refractivity contribution is -0.139. The van der Waals surface area contributed by atoms with Crippen LogP contribution in [-0.4, -0.2) is 33.2 Å². The van der Waals surface area contributed by atoms with Gasteiger partial charge in [0.2, 0.25) is 8.32 Å². The van der Waals surface area contributed by atoms with Crippen molar-refractivity contribution in [3.05, 3.63) is 84.1 Å². The van der Waals surface area contributed by atoms with Crippen molar-refractivity contribution in [3.63, 3.8) is 0 Å². The van der Waals surface area contributed by atoms with Crippen molar-refractivity contribution in [1.82, 2.24) is 0 Å². The summed E-state index contributed by atoms with van der Waals surface area (Å²) >= 11 is 0. The van der Waals surface area contributed by atoms with Gasteiger partial charge in [0.15, 0.2) is 0 Å². The Morgan fingerprint density at radius 3 is 1.74 bits per heavy atom. The topological polar surface area (TPSA) is 36.9 Å². The van der Waals surface area contributed by atoms with Gasteiger partial charge in [0.25, 0.3) is 0 Å². The first-order valence-corrected chi connectivity index (χ1v) is 14.8. The molecule has 2 aromatic rings. The molecule has 186 valence electrons. The summed E-state index contributed by atoms with van der Waals surface area (Å²) in [5.41, 5.74) is 3.82. The minimum Gasteiger partial charge on any atom is -0.493 e. The number of ether oxygens (including phenoxy) is 3. The zero-order valence-corrected chi connectivity index (χ0v) is 22.6. The smallest absolute Gasteiger partial charge is 0.200 e. The van der Waals surface area contributed by atoms with Gasteiger partial charge in [-0.15, -0.1) is 0 Å². The van der Waals surface area contributed by atoms with Crippen LogP contribution >= 0.6 is 0 Å². The molecule has 0 spiro atoms. The van der Waals surface area contributed by atoms with Crippen LogP contribution in [0.3, 0.4) is 0 Å². The van der Waals surface area contributed by atoms with Crippen LogP contribution in [0.4, 0.5) is 0 Å². The van der Waals surface area contributed by atoms with Gasteiger partial charge in [-0.05, 0) is 33.8 Å². The predicted molar refractivity (Wildman–Crippen MR) is 141 cm³/mol. The van der Waals surface area contributed by atoms with E-state index in [4.69, 9.17) is 18.6 Å². The van der Waals surface area contributed by atoms with Crippen LogP contribution in [0.5, 0.6) is 0 Å². The summed E-state index contributed by atoms with van der Waals surface area (Å²) in [6.07, 6.45) is 3.03. The molecule has 3 atom stereocenters. The van der Waals surface area contributed by atoms with Crippen molar-refractivity contribution in [2.75, 3.05) is 6.61 Å². The van der Waals surface area contributed by atoms with Gasteiger partial charge in [0.05, 0.1) is 26.1 Å². The van der Waals surface area contributed by atoms with Crippen molar-refractivity contribution in [1.29, 1.82) is 0 Å². The van der Waals surface area contributed by atoms with E-state index >= 15 is 0 Å². The molecule has 1 heterocycles. The van der Waals surface area contributed by atoms with Crippen LogP contribution < -0.4 is 0 Å². The first-order chi connectivity index (χ1) is 16.3. The largest absolute Gasteiger partial charge is 0.493 e. The van der Waals surface area contributed by atoms with Crippen LogP contribution in [0.1, 0.15) is 52.7 Å². The number of rotatable bonds is 12. The Balaban J connectivity index is 1.76. The van der Waals surface area contributed by atoms with E-state index in [0.717, 1.165) is 11.1 Å². The summed E-state index contributed by atoms with van der Waals surface area (Å²) in [4.78, 5) is 0. The van der Waals surface area contributed by atoms with E-state index < -0.39 is 8.32 Å². The van der Waals surface area contributed by atoms with E-state index in [1.165, 1.54) is 0 Å². The molecule has 0 fully saturated rings. The van der Waals surface area contributed by atoms with Gasteiger partial charge < -0.3 is 18.6 Å². The van der Waals surface area contributed by atoms with Crippen molar-refractivity contribution in [2.45, 2.75) is 89.7 Å². The van der Waals surface area contributed by atoms with E-state index in [0.29, 0.717) is 36.4 Å². The maximum absolute atomic E-state index is 6.89. The van der Waals surface area contributed by atoms with E-state index in [9.17, 15) is 0 Å². The maximum Gasteiger partial charge on any atom is 0.200 e. The molecular formula is C29H42O4Si. The first kappa shape index (κ1) is 26.7. The molecule has 1 aliphatic rings. The summed E-state index contributed by atoms with van der Waals surface area (Å²) in [6, 6.07) is 20.5. The molecule has 34 heavy (non-hydrogen) atoms. The normalized spacial score (nSPS) is 20.8. The van der Waals surface area contributed by atoms with Crippen molar-refractivity contribution >= 4 is 8.32 Å². The fraction of sp³-hybridized carbons (Fsp3) is 0.517. The first-order valence-electron chi connectivity index (χ1n) is 12.6. The molecule has 3 rings (SSSR count). The highest BCUT2D eigenvalue weighted by Gasteiger charge is 2.46. The van der Waals surface area contributed by atoms with Gasteiger partial charge in [0, 0.05) is 0 Å². The second kappa shape index (κ2) is 12.7. The second-order valence-electron chi connectivity index (χ2n) is 10.2. The summed E-state index contributed by atoms with van der Waals surface area (Å²) in [5, 5.41) is 0. The van der Waals surface area contributed by atoms with Gasteiger partial charge in [-0.2, -0.15) is 0 Å². The van der Waals surface area contributed by atoms with Crippen LogP contribution in [0, 0.1) is 0 Å². The zero-order chi connectivity index (χ0) is 24.6. The van der Waals surface area contributed by atoms with Gasteiger partial charge in [-0.3, -0.25) is 0 Å². The molecule has 2 aromatic carbocycles. The van der Waals surface area contributed by atoms with Crippen molar-refractivity contribution < 1.29 is 18.6 Å². The number of benzene rings is 2. The van der Waals surface area contributed by atoms with Crippen LogP contribution in [0.15, 0.2) is 73.0 Å². The lowest BCUT2D eigenvalue weighted by atomic mass is 10.1. The fourth-order valence-corrected chi connectivity index (χ4v) is 10.8. The van der Waals surface area contributed by atoms with E-state index in [2.05, 4.69) is 65.8 Å². The third kappa shape index (κ3) is 6.60. The minimum absolute atomic E-state index is 0.209.